The summed E-state index contributed by atoms with van der Waals surface area (Å²) in [4.78, 5) is 42.0. The number of rotatable bonds is 3. The molecule has 5 rings (SSSR count). The van der Waals surface area contributed by atoms with Crippen molar-refractivity contribution in [1.82, 2.24) is 24.8 Å². The van der Waals surface area contributed by atoms with E-state index in [1.165, 1.54) is 24.3 Å². The molecule has 0 spiro atoms. The third-order valence-electron chi connectivity index (χ3n) is 6.30. The number of piperidine rings is 1. The van der Waals surface area contributed by atoms with Crippen LogP contribution in [-0.4, -0.2) is 56.2 Å². The fourth-order valence-corrected chi connectivity index (χ4v) is 4.72. The monoisotopic (exact) mass is 421 g/mol. The molecule has 2 unspecified atom stereocenters. The molecule has 31 heavy (non-hydrogen) atoms. The van der Waals surface area contributed by atoms with Crippen molar-refractivity contribution < 1.29 is 14.0 Å². The molecule has 0 radical (unpaired) electrons. The van der Waals surface area contributed by atoms with E-state index in [4.69, 9.17) is 0 Å². The predicted octanol–water partition coefficient (Wildman–Crippen LogP) is 3.31. The number of carbonyl (C=O) groups is 2. The highest BCUT2D eigenvalue weighted by Crippen LogP contribution is 2.34. The molecule has 4 heterocycles. The van der Waals surface area contributed by atoms with Crippen LogP contribution in [0.4, 0.5) is 4.39 Å². The number of amides is 2. The largest absolute Gasteiger partial charge is 0.339 e. The van der Waals surface area contributed by atoms with Crippen LogP contribution in [0.1, 0.15) is 47.9 Å². The van der Waals surface area contributed by atoms with Crippen LogP contribution in [0.2, 0.25) is 0 Å². The average Bonchev–Trinajstić information content (AvgIpc) is 3.45. The molecule has 2 aliphatic rings. The fourth-order valence-electron chi connectivity index (χ4n) is 4.72. The summed E-state index contributed by atoms with van der Waals surface area (Å²) < 4.78 is 13.2. The van der Waals surface area contributed by atoms with Crippen molar-refractivity contribution in [2.45, 2.75) is 31.7 Å². The highest BCUT2D eigenvalue weighted by atomic mass is 19.1. The van der Waals surface area contributed by atoms with Crippen molar-refractivity contribution >= 4 is 22.8 Å². The van der Waals surface area contributed by atoms with Gasteiger partial charge in [-0.3, -0.25) is 14.6 Å². The number of hydrogen-bond donors (Lipinski definition) is 1. The molecule has 160 valence electrons. The Morgan fingerprint density at radius 3 is 2.68 bits per heavy atom. The summed E-state index contributed by atoms with van der Waals surface area (Å²) in [5, 5.41) is 0. The van der Waals surface area contributed by atoms with Crippen molar-refractivity contribution in [3.63, 3.8) is 0 Å². The van der Waals surface area contributed by atoms with Crippen molar-refractivity contribution in [2.75, 3.05) is 19.6 Å². The van der Waals surface area contributed by atoms with Crippen LogP contribution < -0.4 is 0 Å². The first-order valence-electron chi connectivity index (χ1n) is 10.7. The second-order valence-electron chi connectivity index (χ2n) is 8.30. The zero-order valence-corrected chi connectivity index (χ0v) is 17.1. The number of imidazole rings is 1. The lowest BCUT2D eigenvalue weighted by Crippen LogP contribution is -2.46. The summed E-state index contributed by atoms with van der Waals surface area (Å²) >= 11 is 0. The van der Waals surface area contributed by atoms with Crippen LogP contribution in [0.5, 0.6) is 0 Å². The van der Waals surface area contributed by atoms with Gasteiger partial charge in [-0.1, -0.05) is 0 Å². The van der Waals surface area contributed by atoms with Crippen LogP contribution in [0.3, 0.4) is 0 Å². The quantitative estimate of drug-likeness (QED) is 0.703. The van der Waals surface area contributed by atoms with Crippen LogP contribution in [0, 0.1) is 11.7 Å². The zero-order chi connectivity index (χ0) is 21.4. The molecule has 7 nitrogen and oxygen atoms in total. The number of benzene rings is 1. The van der Waals surface area contributed by atoms with Gasteiger partial charge in [0.05, 0.1) is 29.2 Å². The Kier molecular flexibility index (Phi) is 5.13. The summed E-state index contributed by atoms with van der Waals surface area (Å²) in [7, 11) is 0. The number of hydrogen-bond acceptors (Lipinski definition) is 4. The van der Waals surface area contributed by atoms with E-state index < -0.39 is 0 Å². The van der Waals surface area contributed by atoms with Crippen molar-refractivity contribution in [3.8, 4) is 0 Å². The van der Waals surface area contributed by atoms with Crippen molar-refractivity contribution in [1.29, 1.82) is 0 Å². The molecule has 0 bridgehead atoms. The molecule has 1 N–H and O–H groups in total. The number of nitrogens with zero attached hydrogens (tertiary/aromatic N) is 4. The van der Waals surface area contributed by atoms with Crippen molar-refractivity contribution in [3.05, 3.63) is 59.9 Å². The number of carbonyl (C=O) groups excluding carboxylic acids is 2. The number of pyridine rings is 1. The maximum absolute atomic E-state index is 13.4. The Bertz CT molecular complexity index is 1080. The smallest absolute Gasteiger partial charge is 0.253 e. The van der Waals surface area contributed by atoms with Gasteiger partial charge in [0.25, 0.3) is 5.91 Å². The van der Waals surface area contributed by atoms with E-state index in [1.54, 1.807) is 17.3 Å². The van der Waals surface area contributed by atoms with Gasteiger partial charge < -0.3 is 14.8 Å². The number of fused-ring (bicyclic) bond motifs is 1. The number of H-pyrrole nitrogens is 1. The van der Waals surface area contributed by atoms with Crippen LogP contribution in [-0.2, 0) is 4.79 Å². The first-order chi connectivity index (χ1) is 15.1. The van der Waals surface area contributed by atoms with Gasteiger partial charge in [0.2, 0.25) is 5.91 Å². The minimum atomic E-state index is -0.371. The van der Waals surface area contributed by atoms with Gasteiger partial charge in [-0.05, 0) is 56.0 Å². The summed E-state index contributed by atoms with van der Waals surface area (Å²) in [5.41, 5.74) is 2.16. The molecule has 1 aromatic carbocycles. The molecule has 2 amide bonds. The van der Waals surface area contributed by atoms with Gasteiger partial charge in [0.1, 0.15) is 11.6 Å². The first-order valence-corrected chi connectivity index (χ1v) is 10.7. The molecular formula is C23H24FN5O2. The SMILES string of the molecule is O=C(c1ccc(F)cc1)N1CCCC(C(=O)N2CCCC2c2nc3ccncc3[nH]2)C1. The third kappa shape index (κ3) is 3.78. The van der Waals surface area contributed by atoms with Gasteiger partial charge in [0.15, 0.2) is 0 Å². The third-order valence-corrected chi connectivity index (χ3v) is 6.30. The van der Waals surface area contributed by atoms with Crippen LogP contribution in [0.15, 0.2) is 42.7 Å². The summed E-state index contributed by atoms with van der Waals surface area (Å²) in [6, 6.07) is 7.35. The minimum absolute atomic E-state index is 0.0805. The summed E-state index contributed by atoms with van der Waals surface area (Å²) in [6.07, 6.45) is 6.78. The lowest BCUT2D eigenvalue weighted by Gasteiger charge is -2.35. The molecular weight excluding hydrogens is 397 g/mol. The maximum atomic E-state index is 13.4. The highest BCUT2D eigenvalue weighted by molar-refractivity contribution is 5.94. The minimum Gasteiger partial charge on any atom is -0.339 e. The number of aromatic amines is 1. The van der Waals surface area contributed by atoms with E-state index in [-0.39, 0.29) is 29.6 Å². The standard InChI is InChI=1S/C23H24FN5O2/c24-17-7-5-15(6-8-17)22(30)28-11-1-3-16(14-28)23(31)29-12-2-4-20(29)21-26-18-9-10-25-13-19(18)27-21/h5-10,13,16,20H,1-4,11-12,14H2,(H,26,27). The second-order valence-corrected chi connectivity index (χ2v) is 8.30. The van der Waals surface area contributed by atoms with E-state index in [0.29, 0.717) is 25.2 Å². The number of nitrogens with one attached hydrogen (secondary N) is 1. The molecule has 3 aromatic rings. The van der Waals surface area contributed by atoms with Crippen LogP contribution in [0.25, 0.3) is 11.0 Å². The van der Waals surface area contributed by atoms with Gasteiger partial charge >= 0.3 is 0 Å². The van der Waals surface area contributed by atoms with Gasteiger partial charge in [-0.15, -0.1) is 0 Å². The van der Waals surface area contributed by atoms with E-state index >= 15 is 0 Å². The summed E-state index contributed by atoms with van der Waals surface area (Å²) in [5.74, 6) is 0.122. The van der Waals surface area contributed by atoms with E-state index in [9.17, 15) is 14.0 Å². The number of halogens is 1. The fraction of sp³-hybridized carbons (Fsp3) is 0.391. The van der Waals surface area contributed by atoms with E-state index in [2.05, 4.69) is 15.0 Å². The molecule has 0 saturated carbocycles. The predicted molar refractivity (Wildman–Crippen MR) is 113 cm³/mol. The van der Waals surface area contributed by atoms with Gasteiger partial charge in [-0.2, -0.15) is 0 Å². The molecule has 2 atom stereocenters. The topological polar surface area (TPSA) is 82.2 Å². The molecule has 2 aliphatic heterocycles. The molecule has 2 saturated heterocycles. The number of likely N-dealkylation sites (tertiary alicyclic amines) is 2. The Morgan fingerprint density at radius 1 is 1.06 bits per heavy atom. The Balaban J connectivity index is 1.31. The Morgan fingerprint density at radius 2 is 1.87 bits per heavy atom. The van der Waals surface area contributed by atoms with Gasteiger partial charge in [0, 0.05) is 31.4 Å². The van der Waals surface area contributed by atoms with Gasteiger partial charge in [-0.25, -0.2) is 9.37 Å². The molecule has 0 aliphatic carbocycles. The Labute approximate surface area is 179 Å². The second kappa shape index (κ2) is 8.09. The lowest BCUT2D eigenvalue weighted by atomic mass is 9.95. The maximum Gasteiger partial charge on any atom is 0.253 e. The number of aromatic nitrogens is 3. The molecule has 2 fully saturated rings. The first kappa shape index (κ1) is 19.7. The Hall–Kier alpha value is -3.29. The molecule has 2 aromatic heterocycles. The lowest BCUT2D eigenvalue weighted by molar-refractivity contribution is -0.138. The van der Waals surface area contributed by atoms with E-state index in [0.717, 1.165) is 42.5 Å². The zero-order valence-electron chi connectivity index (χ0n) is 17.1. The van der Waals surface area contributed by atoms with E-state index in [1.807, 2.05) is 11.0 Å². The van der Waals surface area contributed by atoms with Crippen molar-refractivity contribution in [2.24, 2.45) is 5.92 Å². The highest BCUT2D eigenvalue weighted by Gasteiger charge is 2.38. The summed E-state index contributed by atoms with van der Waals surface area (Å²) in [6.45, 7) is 1.70. The molecule has 8 heteroatoms. The normalized spacial score (nSPS) is 21.6. The van der Waals surface area contributed by atoms with Crippen LogP contribution >= 0.6 is 0 Å². The average molecular weight is 421 g/mol.